The van der Waals surface area contributed by atoms with Crippen LogP contribution in [-0.2, 0) is 0 Å². The summed E-state index contributed by atoms with van der Waals surface area (Å²) in [4.78, 5) is 2.42. The molecule has 3 aromatic heterocycles. The molecular weight excluding hydrogens is 755 g/mol. The van der Waals surface area contributed by atoms with Crippen molar-refractivity contribution in [3.63, 3.8) is 0 Å². The number of para-hydroxylation sites is 6. The molecule has 0 saturated heterocycles. The van der Waals surface area contributed by atoms with Crippen molar-refractivity contribution < 1.29 is 4.42 Å². The number of hydrogen-bond donors (Lipinski definition) is 0. The number of rotatable bonds is 6. The number of benzene rings is 10. The largest absolute Gasteiger partial charge is 0.455 e. The third-order valence-electron chi connectivity index (χ3n) is 12.7. The van der Waals surface area contributed by atoms with E-state index in [0.717, 1.165) is 66.9 Å². The van der Waals surface area contributed by atoms with Crippen LogP contribution in [0.4, 0.5) is 17.1 Å². The van der Waals surface area contributed by atoms with Gasteiger partial charge in [0.05, 0.1) is 27.8 Å². The lowest BCUT2D eigenvalue weighted by Gasteiger charge is -2.29. The zero-order valence-corrected chi connectivity index (χ0v) is 33.6. The zero-order valence-electron chi connectivity index (χ0n) is 33.6. The standard InChI is InChI=1S/C58H37N3O/c1-2-21-43-38(16-1)34-35-51-50-28-15-27-49(58(50)62-57(43)51)48-26-7-8-29-52(48)59(39-17-13-19-41(36-39)60-53-30-9-3-22-44(53)45-23-4-10-31-54(45)60)40-18-14-20-42(37-40)61-55-32-11-5-24-46(55)47-25-6-12-33-56(47)61/h1-37H. The van der Waals surface area contributed by atoms with Crippen molar-refractivity contribution in [3.05, 3.63) is 224 Å². The Bertz CT molecular complexity index is 3640. The van der Waals surface area contributed by atoms with Crippen molar-refractivity contribution in [1.29, 1.82) is 0 Å². The maximum atomic E-state index is 6.97. The summed E-state index contributed by atoms with van der Waals surface area (Å²) in [5, 5.41) is 9.45. The van der Waals surface area contributed by atoms with Gasteiger partial charge in [0.1, 0.15) is 11.2 Å². The third kappa shape index (κ3) is 5.14. The molecule has 13 rings (SSSR count). The Morgan fingerprint density at radius 2 is 0.742 bits per heavy atom. The van der Waals surface area contributed by atoms with Crippen molar-refractivity contribution >= 4 is 93.4 Å². The summed E-state index contributed by atoms with van der Waals surface area (Å²) in [5.74, 6) is 0. The normalized spacial score (nSPS) is 11.9. The summed E-state index contributed by atoms with van der Waals surface area (Å²) in [5.41, 5.74) is 13.9. The molecule has 0 unspecified atom stereocenters. The first-order valence-corrected chi connectivity index (χ1v) is 21.2. The number of anilines is 3. The molecule has 0 radical (unpaired) electrons. The van der Waals surface area contributed by atoms with Crippen LogP contribution in [0.5, 0.6) is 0 Å². The molecule has 290 valence electrons. The van der Waals surface area contributed by atoms with Crippen molar-refractivity contribution in [3.8, 4) is 22.5 Å². The highest BCUT2D eigenvalue weighted by molar-refractivity contribution is 6.18. The quantitative estimate of drug-likeness (QED) is 0.168. The maximum absolute atomic E-state index is 6.97. The summed E-state index contributed by atoms with van der Waals surface area (Å²) in [6.07, 6.45) is 0. The average Bonchev–Trinajstić information content (AvgIpc) is 4.00. The van der Waals surface area contributed by atoms with Gasteiger partial charge in [0.15, 0.2) is 0 Å². The summed E-state index contributed by atoms with van der Waals surface area (Å²) in [7, 11) is 0. The molecule has 0 atom stereocenters. The fourth-order valence-electron chi connectivity index (χ4n) is 10.0. The van der Waals surface area contributed by atoms with Crippen molar-refractivity contribution in [2.45, 2.75) is 0 Å². The van der Waals surface area contributed by atoms with Gasteiger partial charge in [-0.1, -0.05) is 152 Å². The van der Waals surface area contributed by atoms with Gasteiger partial charge in [-0.25, -0.2) is 0 Å². The van der Waals surface area contributed by atoms with E-state index in [9.17, 15) is 0 Å². The summed E-state index contributed by atoms with van der Waals surface area (Å²) in [6.45, 7) is 0. The highest BCUT2D eigenvalue weighted by atomic mass is 16.3. The Morgan fingerprint density at radius 3 is 1.32 bits per heavy atom. The van der Waals surface area contributed by atoms with E-state index < -0.39 is 0 Å². The van der Waals surface area contributed by atoms with Crippen LogP contribution in [0.25, 0.3) is 98.8 Å². The van der Waals surface area contributed by atoms with Crippen LogP contribution in [0.2, 0.25) is 0 Å². The summed E-state index contributed by atoms with van der Waals surface area (Å²) in [6, 6.07) is 80.9. The fraction of sp³-hybridized carbons (Fsp3) is 0. The van der Waals surface area contributed by atoms with Gasteiger partial charge in [-0.3, -0.25) is 0 Å². The van der Waals surface area contributed by atoms with E-state index in [1.807, 2.05) is 0 Å². The molecule has 0 bridgehead atoms. The lowest BCUT2D eigenvalue weighted by molar-refractivity contribution is 0.674. The number of furan rings is 1. The van der Waals surface area contributed by atoms with Crippen LogP contribution in [0.15, 0.2) is 229 Å². The summed E-state index contributed by atoms with van der Waals surface area (Å²) >= 11 is 0. The lowest BCUT2D eigenvalue weighted by Crippen LogP contribution is -2.12. The minimum absolute atomic E-state index is 0.879. The van der Waals surface area contributed by atoms with E-state index in [1.54, 1.807) is 0 Å². The molecule has 62 heavy (non-hydrogen) atoms. The topological polar surface area (TPSA) is 26.2 Å². The Kier molecular flexibility index (Phi) is 7.57. The predicted octanol–water partition coefficient (Wildman–Crippen LogP) is 16.1. The highest BCUT2D eigenvalue weighted by Crippen LogP contribution is 2.46. The van der Waals surface area contributed by atoms with E-state index in [-0.39, 0.29) is 0 Å². The van der Waals surface area contributed by atoms with E-state index in [2.05, 4.69) is 238 Å². The molecule has 0 N–H and O–H groups in total. The maximum Gasteiger partial charge on any atom is 0.143 e. The van der Waals surface area contributed by atoms with E-state index in [0.29, 0.717) is 0 Å². The number of hydrogen-bond acceptors (Lipinski definition) is 2. The van der Waals surface area contributed by atoms with Gasteiger partial charge < -0.3 is 18.5 Å². The first-order valence-electron chi connectivity index (χ1n) is 21.2. The second-order valence-electron chi connectivity index (χ2n) is 16.1. The fourth-order valence-corrected chi connectivity index (χ4v) is 10.0. The molecule has 10 aromatic carbocycles. The first-order chi connectivity index (χ1) is 30.8. The molecule has 0 amide bonds. The Hall–Kier alpha value is -8.34. The molecule has 0 saturated carbocycles. The number of fused-ring (bicyclic) bond motifs is 11. The van der Waals surface area contributed by atoms with Crippen molar-refractivity contribution in [1.82, 2.24) is 9.13 Å². The smallest absolute Gasteiger partial charge is 0.143 e. The van der Waals surface area contributed by atoms with Gasteiger partial charge in [0.2, 0.25) is 0 Å². The minimum atomic E-state index is 0.879. The van der Waals surface area contributed by atoms with Crippen LogP contribution in [0, 0.1) is 0 Å². The van der Waals surface area contributed by atoms with Crippen LogP contribution in [0.1, 0.15) is 0 Å². The van der Waals surface area contributed by atoms with Gasteiger partial charge in [-0.05, 0) is 78.2 Å². The van der Waals surface area contributed by atoms with Crippen LogP contribution in [-0.4, -0.2) is 9.13 Å². The Balaban J connectivity index is 1.07. The van der Waals surface area contributed by atoms with Crippen LogP contribution < -0.4 is 4.90 Å². The van der Waals surface area contributed by atoms with Crippen molar-refractivity contribution in [2.75, 3.05) is 4.90 Å². The SMILES string of the molecule is c1cc(N(c2cccc(-n3c4ccccc4c4ccccc43)c2)c2ccccc2-c2cccc3c2oc2c4ccccc4ccc32)cc(-n2c3ccccc3c3ccccc32)c1. The second kappa shape index (κ2) is 13.6. The minimum Gasteiger partial charge on any atom is -0.455 e. The molecule has 3 heterocycles. The van der Waals surface area contributed by atoms with Gasteiger partial charge in [0, 0.05) is 71.6 Å². The van der Waals surface area contributed by atoms with Gasteiger partial charge in [-0.15, -0.1) is 0 Å². The molecule has 0 fully saturated rings. The Labute approximate surface area is 357 Å². The molecule has 4 heteroatoms. The third-order valence-corrected chi connectivity index (χ3v) is 12.7. The van der Waals surface area contributed by atoms with Crippen LogP contribution >= 0.6 is 0 Å². The molecule has 0 aliphatic carbocycles. The molecule has 0 aliphatic heterocycles. The van der Waals surface area contributed by atoms with E-state index >= 15 is 0 Å². The highest BCUT2D eigenvalue weighted by Gasteiger charge is 2.23. The van der Waals surface area contributed by atoms with E-state index in [1.165, 1.54) is 49.0 Å². The van der Waals surface area contributed by atoms with E-state index in [4.69, 9.17) is 4.42 Å². The lowest BCUT2D eigenvalue weighted by atomic mass is 9.99. The monoisotopic (exact) mass is 791 g/mol. The van der Waals surface area contributed by atoms with Crippen molar-refractivity contribution in [2.24, 2.45) is 0 Å². The molecule has 0 aliphatic rings. The second-order valence-corrected chi connectivity index (χ2v) is 16.1. The molecule has 13 aromatic rings. The summed E-state index contributed by atoms with van der Waals surface area (Å²) < 4.78 is 11.8. The van der Waals surface area contributed by atoms with Crippen LogP contribution in [0.3, 0.4) is 0 Å². The predicted molar refractivity (Wildman–Crippen MR) is 260 cm³/mol. The van der Waals surface area contributed by atoms with Gasteiger partial charge in [-0.2, -0.15) is 0 Å². The first kappa shape index (κ1) is 34.5. The molecule has 4 nitrogen and oxygen atoms in total. The van der Waals surface area contributed by atoms with Gasteiger partial charge >= 0.3 is 0 Å². The number of nitrogens with zero attached hydrogens (tertiary/aromatic N) is 3. The zero-order chi connectivity index (χ0) is 40.7. The molecule has 0 spiro atoms. The molecular formula is C58H37N3O. The Morgan fingerprint density at radius 1 is 0.306 bits per heavy atom. The number of aromatic nitrogens is 2. The average molecular weight is 792 g/mol. The van der Waals surface area contributed by atoms with Gasteiger partial charge in [0.25, 0.3) is 0 Å².